The van der Waals surface area contributed by atoms with Crippen LogP contribution in [0.15, 0.2) is 23.4 Å². The third kappa shape index (κ3) is 2.98. The first kappa shape index (κ1) is 11.6. The second-order valence-corrected chi connectivity index (χ2v) is 4.77. The molecule has 0 aliphatic heterocycles. The SMILES string of the molecule is CCS(=O)(=O)Nc1ccc(F)c(N=O)c1. The number of rotatable bonds is 4. The average Bonchev–Trinajstić information content (AvgIpc) is 2.20. The van der Waals surface area contributed by atoms with Gasteiger partial charge < -0.3 is 0 Å². The molecule has 0 fully saturated rings. The molecule has 7 heteroatoms. The van der Waals surface area contributed by atoms with Gasteiger partial charge in [-0.1, -0.05) is 0 Å². The summed E-state index contributed by atoms with van der Waals surface area (Å²) in [5.41, 5.74) is -0.306. The third-order valence-electron chi connectivity index (χ3n) is 1.70. The van der Waals surface area contributed by atoms with Crippen molar-refractivity contribution in [3.8, 4) is 0 Å². The summed E-state index contributed by atoms with van der Waals surface area (Å²) in [5.74, 6) is -0.890. The molecule has 1 aromatic carbocycles. The molecule has 0 spiro atoms. The van der Waals surface area contributed by atoms with E-state index < -0.39 is 21.5 Å². The summed E-state index contributed by atoms with van der Waals surface area (Å²) >= 11 is 0. The van der Waals surface area contributed by atoms with Gasteiger partial charge in [-0.15, -0.1) is 4.91 Å². The fraction of sp³-hybridized carbons (Fsp3) is 0.250. The van der Waals surface area contributed by atoms with E-state index >= 15 is 0 Å². The summed E-state index contributed by atoms with van der Waals surface area (Å²) in [7, 11) is -3.43. The lowest BCUT2D eigenvalue weighted by Gasteiger charge is -2.05. The molecule has 0 atom stereocenters. The van der Waals surface area contributed by atoms with E-state index in [0.29, 0.717) is 0 Å². The Morgan fingerprint density at radius 1 is 1.47 bits per heavy atom. The zero-order valence-electron chi connectivity index (χ0n) is 7.90. The van der Waals surface area contributed by atoms with E-state index in [4.69, 9.17) is 0 Å². The highest BCUT2D eigenvalue weighted by Gasteiger charge is 2.09. The lowest BCUT2D eigenvalue weighted by molar-refractivity contribution is 0.602. The molecule has 82 valence electrons. The number of benzene rings is 1. The number of nitrogens with zero attached hydrogens (tertiary/aromatic N) is 1. The normalized spacial score (nSPS) is 11.1. The second-order valence-electron chi connectivity index (χ2n) is 2.76. The Bertz CT molecular complexity index is 473. The highest BCUT2D eigenvalue weighted by molar-refractivity contribution is 7.92. The van der Waals surface area contributed by atoms with Crippen LogP contribution in [0.4, 0.5) is 15.8 Å². The molecule has 0 saturated heterocycles. The van der Waals surface area contributed by atoms with Crippen LogP contribution in [-0.2, 0) is 10.0 Å². The molecule has 0 unspecified atom stereocenters. The summed E-state index contributed by atoms with van der Waals surface area (Å²) in [6.45, 7) is 1.46. The monoisotopic (exact) mass is 232 g/mol. The Kier molecular flexibility index (Phi) is 3.35. The molecule has 1 aromatic rings. The molecule has 0 aliphatic rings. The first-order chi connectivity index (χ1) is 6.98. The maximum atomic E-state index is 12.8. The number of sulfonamides is 1. The van der Waals surface area contributed by atoms with Gasteiger partial charge in [-0.2, -0.15) is 0 Å². The maximum Gasteiger partial charge on any atom is 0.232 e. The summed E-state index contributed by atoms with van der Waals surface area (Å²) in [6.07, 6.45) is 0. The molecule has 1 rings (SSSR count). The van der Waals surface area contributed by atoms with Crippen LogP contribution in [0.3, 0.4) is 0 Å². The van der Waals surface area contributed by atoms with E-state index in [0.717, 1.165) is 12.1 Å². The van der Waals surface area contributed by atoms with Crippen LogP contribution in [0.2, 0.25) is 0 Å². The topological polar surface area (TPSA) is 75.6 Å². The number of nitrogens with one attached hydrogen (secondary N) is 1. The van der Waals surface area contributed by atoms with E-state index in [1.165, 1.54) is 13.0 Å². The van der Waals surface area contributed by atoms with E-state index in [1.807, 2.05) is 0 Å². The van der Waals surface area contributed by atoms with Crippen molar-refractivity contribution < 1.29 is 12.8 Å². The van der Waals surface area contributed by atoms with Crippen molar-refractivity contribution in [2.75, 3.05) is 10.5 Å². The predicted molar refractivity (Wildman–Crippen MR) is 54.9 cm³/mol. The van der Waals surface area contributed by atoms with Crippen LogP contribution in [0.25, 0.3) is 0 Å². The Hall–Kier alpha value is -1.50. The number of halogens is 1. The zero-order chi connectivity index (χ0) is 11.5. The van der Waals surface area contributed by atoms with Crippen molar-refractivity contribution >= 4 is 21.4 Å². The lowest BCUT2D eigenvalue weighted by Crippen LogP contribution is -2.14. The largest absolute Gasteiger partial charge is 0.283 e. The zero-order valence-corrected chi connectivity index (χ0v) is 8.71. The first-order valence-corrected chi connectivity index (χ1v) is 5.77. The van der Waals surface area contributed by atoms with E-state index in [-0.39, 0.29) is 11.4 Å². The van der Waals surface area contributed by atoms with Crippen LogP contribution in [0.1, 0.15) is 6.92 Å². The van der Waals surface area contributed by atoms with Crippen LogP contribution < -0.4 is 4.72 Å². The number of hydrogen-bond donors (Lipinski definition) is 1. The van der Waals surface area contributed by atoms with Gasteiger partial charge in [0.25, 0.3) is 0 Å². The average molecular weight is 232 g/mol. The van der Waals surface area contributed by atoms with Crippen molar-refractivity contribution in [1.29, 1.82) is 0 Å². The molecule has 5 nitrogen and oxygen atoms in total. The van der Waals surface area contributed by atoms with Gasteiger partial charge >= 0.3 is 0 Å². The number of nitroso groups, excluding NO2 is 1. The molecule has 0 amide bonds. The summed E-state index contributed by atoms with van der Waals surface area (Å²) in [4.78, 5) is 10.1. The van der Waals surface area contributed by atoms with E-state index in [2.05, 4.69) is 9.90 Å². The Balaban J connectivity index is 3.03. The summed E-state index contributed by atoms with van der Waals surface area (Å²) < 4.78 is 37.3. The maximum absolute atomic E-state index is 12.8. The van der Waals surface area contributed by atoms with Gasteiger partial charge in [0.2, 0.25) is 10.0 Å². The highest BCUT2D eigenvalue weighted by atomic mass is 32.2. The fourth-order valence-electron chi connectivity index (χ4n) is 0.898. The van der Waals surface area contributed by atoms with Crippen molar-refractivity contribution in [1.82, 2.24) is 0 Å². The van der Waals surface area contributed by atoms with Crippen LogP contribution in [0.5, 0.6) is 0 Å². The van der Waals surface area contributed by atoms with Gasteiger partial charge in [-0.05, 0) is 30.3 Å². The number of hydrogen-bond acceptors (Lipinski definition) is 4. The second kappa shape index (κ2) is 4.35. The molecule has 0 bridgehead atoms. The summed E-state index contributed by atoms with van der Waals surface area (Å²) in [5, 5.41) is 2.43. The van der Waals surface area contributed by atoms with Gasteiger partial charge in [0.15, 0.2) is 5.82 Å². The molecule has 1 N–H and O–H groups in total. The Morgan fingerprint density at radius 3 is 2.67 bits per heavy atom. The van der Waals surface area contributed by atoms with Gasteiger partial charge in [-0.25, -0.2) is 12.8 Å². The minimum atomic E-state index is -3.43. The van der Waals surface area contributed by atoms with Crippen LogP contribution in [0, 0.1) is 10.7 Å². The standard InChI is InChI=1S/C8H9FN2O3S/c1-2-15(13,14)11-6-3-4-7(9)8(5-6)10-12/h3-5,11H,2H2,1H3. The van der Waals surface area contributed by atoms with Gasteiger partial charge in [0, 0.05) is 0 Å². The molecule has 15 heavy (non-hydrogen) atoms. The third-order valence-corrected chi connectivity index (χ3v) is 3.00. The molecule has 0 heterocycles. The minimum Gasteiger partial charge on any atom is -0.283 e. The van der Waals surface area contributed by atoms with E-state index in [9.17, 15) is 17.7 Å². The molecule has 0 aromatic heterocycles. The molecule has 0 radical (unpaired) electrons. The Morgan fingerprint density at radius 2 is 2.13 bits per heavy atom. The van der Waals surface area contributed by atoms with Gasteiger partial charge in [0.05, 0.1) is 11.4 Å². The highest BCUT2D eigenvalue weighted by Crippen LogP contribution is 2.22. The summed E-state index contributed by atoms with van der Waals surface area (Å²) in [6, 6.07) is 3.23. The van der Waals surface area contributed by atoms with E-state index in [1.54, 1.807) is 0 Å². The van der Waals surface area contributed by atoms with Crippen LogP contribution >= 0.6 is 0 Å². The lowest BCUT2D eigenvalue weighted by atomic mass is 10.3. The van der Waals surface area contributed by atoms with Crippen LogP contribution in [-0.4, -0.2) is 14.2 Å². The fourth-order valence-corrected chi connectivity index (χ4v) is 1.53. The molecular formula is C8H9FN2O3S. The number of anilines is 1. The van der Waals surface area contributed by atoms with Crippen molar-refractivity contribution in [3.63, 3.8) is 0 Å². The van der Waals surface area contributed by atoms with Gasteiger partial charge in [-0.3, -0.25) is 4.72 Å². The molecule has 0 saturated carbocycles. The minimum absolute atomic E-state index is 0.103. The molecular weight excluding hydrogens is 223 g/mol. The Labute approximate surface area is 86.3 Å². The van der Waals surface area contributed by atoms with Crippen molar-refractivity contribution in [3.05, 3.63) is 28.9 Å². The predicted octanol–water partition coefficient (Wildman–Crippen LogP) is 1.99. The van der Waals surface area contributed by atoms with Crippen molar-refractivity contribution in [2.45, 2.75) is 6.92 Å². The van der Waals surface area contributed by atoms with Gasteiger partial charge in [0.1, 0.15) is 5.69 Å². The molecule has 0 aliphatic carbocycles. The quantitative estimate of drug-likeness (QED) is 0.806. The van der Waals surface area contributed by atoms with Crippen molar-refractivity contribution in [2.24, 2.45) is 5.18 Å². The first-order valence-electron chi connectivity index (χ1n) is 4.12. The smallest absolute Gasteiger partial charge is 0.232 e.